The van der Waals surface area contributed by atoms with Crippen LogP contribution in [0.3, 0.4) is 0 Å². The summed E-state index contributed by atoms with van der Waals surface area (Å²) in [5.41, 5.74) is -0.0191. The number of alkyl halides is 1. The molecular formula is C25H25BrClN3O5. The number of nitrogens with zero attached hydrogens (tertiary/aromatic N) is 1. The number of aliphatic hydroxyl groups excluding tert-OH is 1. The van der Waals surface area contributed by atoms with Crippen molar-refractivity contribution in [1.82, 2.24) is 10.2 Å². The highest BCUT2D eigenvalue weighted by Gasteiger charge is 2.77. The van der Waals surface area contributed by atoms with Crippen molar-refractivity contribution in [3.05, 3.63) is 65.2 Å². The number of hydrogen-bond donors (Lipinski definition) is 3. The van der Waals surface area contributed by atoms with Gasteiger partial charge in [0, 0.05) is 22.6 Å². The van der Waals surface area contributed by atoms with Crippen molar-refractivity contribution in [3.8, 4) is 0 Å². The van der Waals surface area contributed by atoms with Gasteiger partial charge in [-0.25, -0.2) is 0 Å². The number of rotatable bonds is 6. The Hall–Kier alpha value is -2.46. The average molecular weight is 563 g/mol. The predicted molar refractivity (Wildman–Crippen MR) is 133 cm³/mol. The van der Waals surface area contributed by atoms with Gasteiger partial charge in [0.25, 0.3) is 0 Å². The van der Waals surface area contributed by atoms with Gasteiger partial charge in [0.1, 0.15) is 11.6 Å². The molecule has 3 amide bonds. The molecule has 7 atom stereocenters. The molecule has 2 bridgehead atoms. The number of aliphatic hydroxyl groups is 1. The zero-order valence-corrected chi connectivity index (χ0v) is 21.2. The first-order chi connectivity index (χ1) is 16.8. The number of benzene rings is 2. The summed E-state index contributed by atoms with van der Waals surface area (Å²) in [7, 11) is 1.52. The number of amides is 3. The van der Waals surface area contributed by atoms with Crippen LogP contribution in [-0.4, -0.2) is 64.0 Å². The number of carbonyl (C=O) groups is 3. The van der Waals surface area contributed by atoms with Crippen LogP contribution in [0.25, 0.3) is 0 Å². The summed E-state index contributed by atoms with van der Waals surface area (Å²) in [5, 5.41) is 16.5. The first-order valence-electron chi connectivity index (χ1n) is 11.4. The fourth-order valence-corrected chi connectivity index (χ4v) is 7.01. The van der Waals surface area contributed by atoms with Crippen LogP contribution in [0.1, 0.15) is 18.0 Å². The van der Waals surface area contributed by atoms with E-state index in [1.54, 1.807) is 36.4 Å². The van der Waals surface area contributed by atoms with Gasteiger partial charge in [-0.05, 0) is 36.2 Å². The van der Waals surface area contributed by atoms with Gasteiger partial charge in [0.2, 0.25) is 17.7 Å². The Bertz CT molecular complexity index is 1150. The molecule has 5 rings (SSSR count). The molecule has 3 saturated heterocycles. The first kappa shape index (κ1) is 24.2. The standard InChI is InChI=1S/C25H25BrClN3O5/c1-28-22(32)18-19-24(34)30(17(12-31)13-5-3-2-4-6-13)21(25(19)11-16(26)20(18)35-25)23(33)29-15-9-7-14(27)8-10-15/h2-10,16-21,31H,11-12H2,1H3,(H,28,32)(H,29,33)/t16?,17-,18-,19+,20-,21?,25?/m1/s1. The molecule has 3 aliphatic heterocycles. The SMILES string of the molecule is CNC(=O)[C@H]1[C@@H]2OC3(CC2Br)C(C(=O)Nc2ccc(Cl)cc2)N([C@H](CO)c2ccccc2)C(=O)[C@H]13. The number of fused-ring (bicyclic) bond motifs is 1. The molecule has 8 nitrogen and oxygen atoms in total. The zero-order chi connectivity index (χ0) is 24.9. The van der Waals surface area contributed by atoms with Gasteiger partial charge in [0.15, 0.2) is 0 Å². The maximum absolute atomic E-state index is 14.0. The Kier molecular flexibility index (Phi) is 6.37. The van der Waals surface area contributed by atoms with Gasteiger partial charge in [-0.15, -0.1) is 0 Å². The molecular weight excluding hydrogens is 538 g/mol. The second kappa shape index (κ2) is 9.20. The summed E-state index contributed by atoms with van der Waals surface area (Å²) in [6, 6.07) is 13.9. The van der Waals surface area contributed by atoms with E-state index in [4.69, 9.17) is 16.3 Å². The lowest BCUT2D eigenvalue weighted by Gasteiger charge is -2.37. The monoisotopic (exact) mass is 561 g/mol. The number of ether oxygens (including phenoxy) is 1. The van der Waals surface area contributed by atoms with E-state index in [9.17, 15) is 19.5 Å². The van der Waals surface area contributed by atoms with Gasteiger partial charge < -0.3 is 25.4 Å². The van der Waals surface area contributed by atoms with Crippen LogP contribution < -0.4 is 10.6 Å². The van der Waals surface area contributed by atoms with E-state index in [2.05, 4.69) is 26.6 Å². The molecule has 1 spiro atoms. The number of carbonyl (C=O) groups excluding carboxylic acids is 3. The van der Waals surface area contributed by atoms with Crippen LogP contribution in [-0.2, 0) is 19.1 Å². The molecule has 0 aromatic heterocycles. The highest BCUT2D eigenvalue weighted by Crippen LogP contribution is 2.61. The third-order valence-corrected chi connectivity index (χ3v) is 8.43. The quantitative estimate of drug-likeness (QED) is 0.469. The minimum atomic E-state index is -1.22. The van der Waals surface area contributed by atoms with Crippen LogP contribution in [0.2, 0.25) is 5.02 Å². The van der Waals surface area contributed by atoms with E-state index >= 15 is 0 Å². The Morgan fingerprint density at radius 2 is 1.89 bits per heavy atom. The topological polar surface area (TPSA) is 108 Å². The summed E-state index contributed by atoms with van der Waals surface area (Å²) in [4.78, 5) is 42.0. The van der Waals surface area contributed by atoms with Gasteiger partial charge in [-0.2, -0.15) is 0 Å². The van der Waals surface area contributed by atoms with E-state index in [1.807, 2.05) is 18.2 Å². The normalized spacial score (nSPS) is 31.8. The molecule has 2 aromatic carbocycles. The molecule has 35 heavy (non-hydrogen) atoms. The van der Waals surface area contributed by atoms with Crippen molar-refractivity contribution in [2.45, 2.75) is 35.0 Å². The lowest BCUT2D eigenvalue weighted by Crippen LogP contribution is -2.55. The lowest BCUT2D eigenvalue weighted by molar-refractivity contribution is -0.144. The van der Waals surface area contributed by atoms with E-state index < -0.39 is 48.1 Å². The lowest BCUT2D eigenvalue weighted by atomic mass is 9.70. The third-order valence-electron chi connectivity index (χ3n) is 7.33. The minimum absolute atomic E-state index is 0.205. The van der Waals surface area contributed by atoms with Crippen molar-refractivity contribution in [2.24, 2.45) is 11.8 Å². The summed E-state index contributed by atoms with van der Waals surface area (Å²) in [6.45, 7) is -0.394. The summed E-state index contributed by atoms with van der Waals surface area (Å²) in [6.07, 6.45) is -0.162. The number of anilines is 1. The summed E-state index contributed by atoms with van der Waals surface area (Å²) >= 11 is 9.61. The average Bonchev–Trinajstić information content (AvgIpc) is 3.45. The van der Waals surface area contributed by atoms with Gasteiger partial charge >= 0.3 is 0 Å². The number of likely N-dealkylation sites (tertiary alicyclic amines) is 1. The Labute approximate surface area is 216 Å². The summed E-state index contributed by atoms with van der Waals surface area (Å²) < 4.78 is 6.42. The molecule has 0 aliphatic carbocycles. The van der Waals surface area contributed by atoms with Crippen LogP contribution in [0.4, 0.5) is 5.69 Å². The van der Waals surface area contributed by atoms with Crippen molar-refractivity contribution in [1.29, 1.82) is 0 Å². The molecule has 0 saturated carbocycles. The molecule has 0 radical (unpaired) electrons. The first-order valence-corrected chi connectivity index (χ1v) is 12.7. The van der Waals surface area contributed by atoms with Crippen LogP contribution in [0.5, 0.6) is 0 Å². The zero-order valence-electron chi connectivity index (χ0n) is 18.9. The van der Waals surface area contributed by atoms with E-state index in [-0.39, 0.29) is 16.6 Å². The molecule has 3 unspecified atom stereocenters. The van der Waals surface area contributed by atoms with Gasteiger partial charge in [0.05, 0.1) is 30.6 Å². The van der Waals surface area contributed by atoms with Gasteiger partial charge in [-0.3, -0.25) is 14.4 Å². The molecule has 10 heteroatoms. The van der Waals surface area contributed by atoms with Crippen molar-refractivity contribution in [3.63, 3.8) is 0 Å². The highest BCUT2D eigenvalue weighted by molar-refractivity contribution is 9.09. The minimum Gasteiger partial charge on any atom is -0.394 e. The highest BCUT2D eigenvalue weighted by atomic mass is 79.9. The largest absolute Gasteiger partial charge is 0.394 e. The fraction of sp³-hybridized carbons (Fsp3) is 0.400. The second-order valence-corrected chi connectivity index (χ2v) is 10.7. The van der Waals surface area contributed by atoms with Crippen LogP contribution in [0.15, 0.2) is 54.6 Å². The van der Waals surface area contributed by atoms with Crippen molar-refractivity contribution >= 4 is 50.9 Å². The molecule has 2 aromatic rings. The maximum Gasteiger partial charge on any atom is 0.250 e. The van der Waals surface area contributed by atoms with Crippen LogP contribution in [0, 0.1) is 11.8 Å². The molecule has 3 fully saturated rings. The fourth-order valence-electron chi connectivity index (χ4n) is 5.94. The summed E-state index contributed by atoms with van der Waals surface area (Å²) in [5.74, 6) is -2.73. The third kappa shape index (κ3) is 3.76. The van der Waals surface area contributed by atoms with Crippen molar-refractivity contribution < 1.29 is 24.2 Å². The Morgan fingerprint density at radius 3 is 2.51 bits per heavy atom. The number of nitrogens with one attached hydrogen (secondary N) is 2. The predicted octanol–water partition coefficient (Wildman–Crippen LogP) is 2.51. The maximum atomic E-state index is 14.0. The number of halogens is 2. The molecule has 3 heterocycles. The Morgan fingerprint density at radius 1 is 1.20 bits per heavy atom. The van der Waals surface area contributed by atoms with E-state index in [0.717, 1.165) is 0 Å². The van der Waals surface area contributed by atoms with Crippen molar-refractivity contribution in [2.75, 3.05) is 19.0 Å². The number of hydrogen-bond acceptors (Lipinski definition) is 5. The molecule has 184 valence electrons. The van der Waals surface area contributed by atoms with Gasteiger partial charge in [-0.1, -0.05) is 57.9 Å². The Balaban J connectivity index is 1.61. The van der Waals surface area contributed by atoms with E-state index in [1.165, 1.54) is 11.9 Å². The second-order valence-electron chi connectivity index (χ2n) is 9.13. The van der Waals surface area contributed by atoms with E-state index in [0.29, 0.717) is 22.7 Å². The smallest absolute Gasteiger partial charge is 0.250 e. The molecule has 3 N–H and O–H groups in total. The van der Waals surface area contributed by atoms with Crippen LogP contribution >= 0.6 is 27.5 Å². The molecule has 3 aliphatic rings.